The SMILES string of the molecule is C[C](C)(C)[Sn][C](C)(C)C.OCl. The molecule has 0 amide bonds. The third-order valence-corrected chi connectivity index (χ3v) is 5.03. The fourth-order valence-corrected chi connectivity index (χ4v) is 7.55. The zero-order valence-corrected chi connectivity index (χ0v) is 11.9. The average molecular weight is 285 g/mol. The van der Waals surface area contributed by atoms with Crippen LogP contribution in [0.3, 0.4) is 0 Å². The summed E-state index contributed by atoms with van der Waals surface area (Å²) < 4.78 is 7.78. The van der Waals surface area contributed by atoms with Crippen LogP contribution >= 0.6 is 11.9 Å². The Kier molecular flexibility index (Phi) is 7.49. The molecular formula is C8H19ClOSn. The molecule has 2 radical (unpaired) electrons. The Hall–Kier alpha value is 1.05. The fourth-order valence-electron chi connectivity index (χ4n) is 1.12. The molecule has 0 aliphatic carbocycles. The molecule has 0 heterocycles. The first-order valence-corrected chi connectivity index (χ1v) is 6.86. The number of hydrogen-bond acceptors (Lipinski definition) is 1. The molecule has 0 aromatic heterocycles. The van der Waals surface area contributed by atoms with E-state index in [4.69, 9.17) is 4.66 Å². The monoisotopic (exact) mass is 286 g/mol. The van der Waals surface area contributed by atoms with Gasteiger partial charge in [0.2, 0.25) is 0 Å². The third kappa shape index (κ3) is 18.2. The van der Waals surface area contributed by atoms with Gasteiger partial charge in [0.25, 0.3) is 0 Å². The van der Waals surface area contributed by atoms with Crippen molar-refractivity contribution < 1.29 is 4.66 Å². The Morgan fingerprint density at radius 3 is 1.00 bits per heavy atom. The first-order valence-electron chi connectivity index (χ1n) is 3.67. The summed E-state index contributed by atoms with van der Waals surface area (Å²) in [4.78, 5) is 0. The second kappa shape index (κ2) is 5.65. The third-order valence-electron chi connectivity index (χ3n) is 0.750. The van der Waals surface area contributed by atoms with Gasteiger partial charge in [-0.2, -0.15) is 0 Å². The Balaban J connectivity index is 0. The number of rotatable bonds is 0. The van der Waals surface area contributed by atoms with E-state index >= 15 is 0 Å². The van der Waals surface area contributed by atoms with E-state index in [1.807, 2.05) is 0 Å². The van der Waals surface area contributed by atoms with Gasteiger partial charge in [-0.3, -0.25) is 4.66 Å². The summed E-state index contributed by atoms with van der Waals surface area (Å²) in [6.45, 7) is 14.2. The summed E-state index contributed by atoms with van der Waals surface area (Å²) in [5, 5.41) is 0. The molecule has 3 heteroatoms. The Morgan fingerprint density at radius 2 is 1.00 bits per heavy atom. The van der Waals surface area contributed by atoms with Crippen LogP contribution in [0, 0.1) is 0 Å². The smallest absolute Gasteiger partial charge is 0.0579 e. The normalized spacial score (nSPS) is 12.0. The summed E-state index contributed by atoms with van der Waals surface area (Å²) >= 11 is 3.46. The molecule has 0 aromatic carbocycles. The second-order valence-electron chi connectivity index (χ2n) is 4.62. The molecule has 0 aliphatic heterocycles. The zero-order valence-electron chi connectivity index (χ0n) is 8.33. The molecular weight excluding hydrogens is 266 g/mol. The average Bonchev–Trinajstić information content (AvgIpc) is 1.60. The first-order chi connectivity index (χ1) is 4.71. The van der Waals surface area contributed by atoms with Crippen LogP contribution in [-0.4, -0.2) is 25.8 Å². The van der Waals surface area contributed by atoms with Gasteiger partial charge in [-0.15, -0.1) is 0 Å². The van der Waals surface area contributed by atoms with Crippen molar-refractivity contribution >= 4 is 33.0 Å². The Labute approximate surface area is 85.9 Å². The molecule has 68 valence electrons. The van der Waals surface area contributed by atoms with E-state index in [-0.39, 0.29) is 21.1 Å². The van der Waals surface area contributed by atoms with Gasteiger partial charge in [0, 0.05) is 0 Å². The summed E-state index contributed by atoms with van der Waals surface area (Å²) in [6.07, 6.45) is 0. The zero-order chi connectivity index (χ0) is 9.71. The van der Waals surface area contributed by atoms with Crippen LogP contribution in [-0.2, 0) is 0 Å². The van der Waals surface area contributed by atoms with Crippen LogP contribution in [0.1, 0.15) is 41.5 Å². The standard InChI is InChI=1S/2C4H9.ClHO.Sn/c2*1-4(2)3;1-2;/h2*1-3H3;2H;. The van der Waals surface area contributed by atoms with Crippen molar-refractivity contribution in [2.75, 3.05) is 0 Å². The molecule has 0 aromatic rings. The van der Waals surface area contributed by atoms with Crippen molar-refractivity contribution in [1.82, 2.24) is 0 Å². The molecule has 0 aliphatic rings. The van der Waals surface area contributed by atoms with Crippen molar-refractivity contribution in [3.63, 3.8) is 0 Å². The van der Waals surface area contributed by atoms with Crippen LogP contribution < -0.4 is 0 Å². The van der Waals surface area contributed by atoms with E-state index in [0.29, 0.717) is 6.86 Å². The van der Waals surface area contributed by atoms with Gasteiger partial charge in [-0.05, 0) is 0 Å². The summed E-state index contributed by atoms with van der Waals surface area (Å²) in [5.74, 6) is 0. The van der Waals surface area contributed by atoms with E-state index in [1.165, 1.54) is 0 Å². The summed E-state index contributed by atoms with van der Waals surface area (Å²) in [6, 6.07) is 0. The molecule has 0 fully saturated rings. The molecule has 0 saturated heterocycles. The molecule has 0 rings (SSSR count). The van der Waals surface area contributed by atoms with Crippen molar-refractivity contribution in [2.45, 2.75) is 48.4 Å². The van der Waals surface area contributed by atoms with E-state index in [2.05, 4.69) is 53.4 Å². The topological polar surface area (TPSA) is 20.2 Å². The van der Waals surface area contributed by atoms with Gasteiger partial charge in [-0.25, -0.2) is 0 Å². The van der Waals surface area contributed by atoms with Crippen molar-refractivity contribution in [3.8, 4) is 0 Å². The maximum atomic E-state index is 6.47. The van der Waals surface area contributed by atoms with Gasteiger partial charge in [-0.1, -0.05) is 0 Å². The van der Waals surface area contributed by atoms with Crippen LogP contribution in [0.25, 0.3) is 0 Å². The van der Waals surface area contributed by atoms with Gasteiger partial charge < -0.3 is 0 Å². The largest absolute Gasteiger partial charge is 0.295 e. The van der Waals surface area contributed by atoms with Gasteiger partial charge in [0.05, 0.1) is 11.9 Å². The van der Waals surface area contributed by atoms with Crippen molar-refractivity contribution in [2.24, 2.45) is 0 Å². The van der Waals surface area contributed by atoms with Gasteiger partial charge >= 0.3 is 69.5 Å². The van der Waals surface area contributed by atoms with E-state index in [9.17, 15) is 0 Å². The minimum absolute atomic E-state index is 0.182. The summed E-state index contributed by atoms with van der Waals surface area (Å²) in [5.41, 5.74) is 0. The van der Waals surface area contributed by atoms with Crippen molar-refractivity contribution in [3.05, 3.63) is 0 Å². The predicted molar refractivity (Wildman–Crippen MR) is 53.3 cm³/mol. The molecule has 0 unspecified atom stereocenters. The minimum Gasteiger partial charge on any atom is -0.295 e. The van der Waals surface area contributed by atoms with E-state index in [0.717, 1.165) is 0 Å². The molecule has 0 atom stereocenters. The molecule has 11 heavy (non-hydrogen) atoms. The van der Waals surface area contributed by atoms with Gasteiger partial charge in [0.15, 0.2) is 0 Å². The van der Waals surface area contributed by atoms with Crippen LogP contribution in [0.15, 0.2) is 0 Å². The molecule has 0 spiro atoms. The predicted octanol–water partition coefficient (Wildman–Crippen LogP) is 3.26. The quantitative estimate of drug-likeness (QED) is 0.677. The Bertz CT molecular complexity index is 79.2. The van der Waals surface area contributed by atoms with E-state index < -0.39 is 0 Å². The maximum Gasteiger partial charge on any atom is 0.0579 e. The summed E-state index contributed by atoms with van der Waals surface area (Å²) in [7, 11) is 0. The fraction of sp³-hybridized carbons (Fsp3) is 1.00. The van der Waals surface area contributed by atoms with Crippen LogP contribution in [0.5, 0.6) is 0 Å². The molecule has 0 bridgehead atoms. The molecule has 0 saturated carbocycles. The van der Waals surface area contributed by atoms with Crippen LogP contribution in [0.4, 0.5) is 0 Å². The number of hydrogen-bond donors (Lipinski definition) is 1. The Morgan fingerprint density at radius 1 is 0.818 bits per heavy atom. The molecule has 1 nitrogen and oxygen atoms in total. The maximum absolute atomic E-state index is 6.47. The number of halogens is 1. The van der Waals surface area contributed by atoms with Gasteiger partial charge in [0.1, 0.15) is 0 Å². The van der Waals surface area contributed by atoms with Crippen LogP contribution in [0.2, 0.25) is 6.86 Å². The first kappa shape index (κ1) is 14.6. The minimum atomic E-state index is -0.182. The van der Waals surface area contributed by atoms with Crippen molar-refractivity contribution in [1.29, 1.82) is 0 Å². The van der Waals surface area contributed by atoms with E-state index in [1.54, 1.807) is 0 Å². The molecule has 1 N–H and O–H groups in total. The second-order valence-corrected chi connectivity index (χ2v) is 13.9.